The highest BCUT2D eigenvalue weighted by molar-refractivity contribution is 5.56. The lowest BCUT2D eigenvalue weighted by Crippen LogP contribution is -2.39. The molecule has 1 saturated heterocycles. The molecule has 1 aromatic carbocycles. The zero-order valence-corrected chi connectivity index (χ0v) is 11.1. The Morgan fingerprint density at radius 3 is 2.35 bits per heavy atom. The van der Waals surface area contributed by atoms with Crippen LogP contribution in [0.3, 0.4) is 0 Å². The number of piperidine rings is 1. The first-order chi connectivity index (χ1) is 9.30. The number of anilines is 1. The van der Waals surface area contributed by atoms with Gasteiger partial charge in [0, 0.05) is 18.7 Å². The highest BCUT2D eigenvalue weighted by atomic mass is 19.4. The minimum atomic E-state index is -4.19. The lowest BCUT2D eigenvalue weighted by molar-refractivity contribution is -0.179. The van der Waals surface area contributed by atoms with Crippen LogP contribution in [0.2, 0.25) is 0 Å². The zero-order chi connectivity index (χ0) is 14.9. The van der Waals surface area contributed by atoms with E-state index in [0.717, 1.165) is 0 Å². The summed E-state index contributed by atoms with van der Waals surface area (Å²) in [5.41, 5.74) is 0.638. The number of nitrogens with zero attached hydrogens (tertiary/aromatic N) is 1. The van der Waals surface area contributed by atoms with E-state index in [-0.39, 0.29) is 31.6 Å². The standard InChI is InChI=1S/C14H17F4NO/c1-9(20)11-3-2-4-12(15)13(11)19-7-5-10(6-8-19)14(16,17)18/h2-4,9-10,20H,5-8H2,1H3/t9-/m1/s1. The maximum atomic E-state index is 14.0. The van der Waals surface area contributed by atoms with Crippen LogP contribution in [-0.2, 0) is 0 Å². The molecule has 0 bridgehead atoms. The summed E-state index contributed by atoms with van der Waals surface area (Å²) in [6, 6.07) is 4.35. The van der Waals surface area contributed by atoms with E-state index in [1.165, 1.54) is 19.1 Å². The van der Waals surface area contributed by atoms with Crippen LogP contribution in [0, 0.1) is 11.7 Å². The molecule has 0 aromatic heterocycles. The zero-order valence-electron chi connectivity index (χ0n) is 11.1. The van der Waals surface area contributed by atoms with Gasteiger partial charge in [-0.15, -0.1) is 0 Å². The van der Waals surface area contributed by atoms with Crippen molar-refractivity contribution >= 4 is 5.69 Å². The summed E-state index contributed by atoms with van der Waals surface area (Å²) in [5.74, 6) is -1.82. The molecule has 2 rings (SSSR count). The van der Waals surface area contributed by atoms with Crippen LogP contribution >= 0.6 is 0 Å². The Hall–Kier alpha value is -1.30. The number of halogens is 4. The number of alkyl halides is 3. The second-order valence-electron chi connectivity index (χ2n) is 5.16. The Bertz CT molecular complexity index is 465. The predicted octanol–water partition coefficient (Wildman–Crippen LogP) is 3.66. The van der Waals surface area contributed by atoms with Gasteiger partial charge in [-0.2, -0.15) is 13.2 Å². The van der Waals surface area contributed by atoms with Crippen LogP contribution < -0.4 is 4.90 Å². The number of hydrogen-bond acceptors (Lipinski definition) is 2. The molecular weight excluding hydrogens is 274 g/mol. The average Bonchev–Trinajstić information content (AvgIpc) is 2.37. The fourth-order valence-electron chi connectivity index (χ4n) is 2.63. The lowest BCUT2D eigenvalue weighted by atomic mass is 9.95. The summed E-state index contributed by atoms with van der Waals surface area (Å²) in [7, 11) is 0. The Balaban J connectivity index is 2.19. The number of para-hydroxylation sites is 1. The van der Waals surface area contributed by atoms with Gasteiger partial charge in [-0.25, -0.2) is 4.39 Å². The van der Waals surface area contributed by atoms with Gasteiger partial charge in [-0.3, -0.25) is 0 Å². The molecule has 1 atom stereocenters. The number of benzene rings is 1. The SMILES string of the molecule is C[C@@H](O)c1cccc(F)c1N1CCC(C(F)(F)F)CC1. The second kappa shape index (κ2) is 5.60. The lowest BCUT2D eigenvalue weighted by Gasteiger charge is -2.35. The van der Waals surface area contributed by atoms with E-state index in [2.05, 4.69) is 0 Å². The fraction of sp³-hybridized carbons (Fsp3) is 0.571. The molecule has 0 aliphatic carbocycles. The first-order valence-corrected chi connectivity index (χ1v) is 6.59. The topological polar surface area (TPSA) is 23.5 Å². The predicted molar refractivity (Wildman–Crippen MR) is 68.0 cm³/mol. The van der Waals surface area contributed by atoms with Crippen molar-refractivity contribution in [2.45, 2.75) is 32.0 Å². The maximum absolute atomic E-state index is 14.0. The van der Waals surface area contributed by atoms with Crippen molar-refractivity contribution in [2.75, 3.05) is 18.0 Å². The van der Waals surface area contributed by atoms with Crippen LogP contribution in [0.1, 0.15) is 31.4 Å². The summed E-state index contributed by atoms with van der Waals surface area (Å²) in [4.78, 5) is 1.60. The smallest absolute Gasteiger partial charge is 0.389 e. The van der Waals surface area contributed by atoms with Crippen molar-refractivity contribution in [3.63, 3.8) is 0 Å². The largest absolute Gasteiger partial charge is 0.391 e. The van der Waals surface area contributed by atoms with Crippen molar-refractivity contribution in [2.24, 2.45) is 5.92 Å². The van der Waals surface area contributed by atoms with Crippen LogP contribution in [0.15, 0.2) is 18.2 Å². The molecule has 0 radical (unpaired) electrons. The number of aliphatic hydroxyl groups excluding tert-OH is 1. The summed E-state index contributed by atoms with van der Waals surface area (Å²) < 4.78 is 51.8. The van der Waals surface area contributed by atoms with Gasteiger partial charge in [0.25, 0.3) is 0 Å². The molecule has 112 valence electrons. The van der Waals surface area contributed by atoms with E-state index in [9.17, 15) is 22.7 Å². The third-order valence-electron chi connectivity index (χ3n) is 3.74. The van der Waals surface area contributed by atoms with Gasteiger partial charge in [0.15, 0.2) is 0 Å². The number of aliphatic hydroxyl groups is 1. The summed E-state index contributed by atoms with van der Waals surface area (Å²) in [6.07, 6.45) is -5.14. The van der Waals surface area contributed by atoms with E-state index in [1.807, 2.05) is 0 Å². The van der Waals surface area contributed by atoms with Crippen LogP contribution in [0.4, 0.5) is 23.2 Å². The molecule has 0 amide bonds. The Labute approximate surface area is 115 Å². The molecule has 1 aliphatic rings. The van der Waals surface area contributed by atoms with Crippen molar-refractivity contribution in [1.82, 2.24) is 0 Å². The van der Waals surface area contributed by atoms with Crippen molar-refractivity contribution in [3.8, 4) is 0 Å². The van der Waals surface area contributed by atoms with E-state index in [1.54, 1.807) is 11.0 Å². The third-order valence-corrected chi connectivity index (χ3v) is 3.74. The molecule has 1 fully saturated rings. The monoisotopic (exact) mass is 291 g/mol. The molecular formula is C14H17F4NO. The van der Waals surface area contributed by atoms with Gasteiger partial charge in [0.1, 0.15) is 5.82 Å². The second-order valence-corrected chi connectivity index (χ2v) is 5.16. The molecule has 1 heterocycles. The maximum Gasteiger partial charge on any atom is 0.391 e. The van der Waals surface area contributed by atoms with E-state index in [0.29, 0.717) is 5.56 Å². The van der Waals surface area contributed by atoms with E-state index >= 15 is 0 Å². The Morgan fingerprint density at radius 2 is 1.85 bits per heavy atom. The van der Waals surface area contributed by atoms with Crippen molar-refractivity contribution < 1.29 is 22.7 Å². The van der Waals surface area contributed by atoms with E-state index < -0.39 is 24.0 Å². The quantitative estimate of drug-likeness (QED) is 0.841. The highest BCUT2D eigenvalue weighted by Crippen LogP contribution is 2.37. The van der Waals surface area contributed by atoms with Crippen LogP contribution in [0.25, 0.3) is 0 Å². The van der Waals surface area contributed by atoms with Crippen LogP contribution in [0.5, 0.6) is 0 Å². The fourth-order valence-corrected chi connectivity index (χ4v) is 2.63. The van der Waals surface area contributed by atoms with Crippen LogP contribution in [-0.4, -0.2) is 24.4 Å². The van der Waals surface area contributed by atoms with Gasteiger partial charge in [0.05, 0.1) is 17.7 Å². The van der Waals surface area contributed by atoms with Gasteiger partial charge in [-0.05, 0) is 25.8 Å². The highest BCUT2D eigenvalue weighted by Gasteiger charge is 2.41. The molecule has 20 heavy (non-hydrogen) atoms. The number of hydrogen-bond donors (Lipinski definition) is 1. The number of rotatable bonds is 2. The summed E-state index contributed by atoms with van der Waals surface area (Å²) >= 11 is 0. The molecule has 1 N–H and O–H groups in total. The summed E-state index contributed by atoms with van der Waals surface area (Å²) in [6.45, 7) is 1.80. The first kappa shape index (κ1) is 15.1. The summed E-state index contributed by atoms with van der Waals surface area (Å²) in [5, 5.41) is 9.67. The molecule has 0 saturated carbocycles. The van der Waals surface area contributed by atoms with E-state index in [4.69, 9.17) is 0 Å². The first-order valence-electron chi connectivity index (χ1n) is 6.59. The third kappa shape index (κ3) is 3.06. The van der Waals surface area contributed by atoms with Crippen molar-refractivity contribution in [1.29, 1.82) is 0 Å². The normalized spacial score (nSPS) is 19.2. The molecule has 1 aliphatic heterocycles. The van der Waals surface area contributed by atoms with Gasteiger partial charge >= 0.3 is 6.18 Å². The molecule has 1 aromatic rings. The van der Waals surface area contributed by atoms with Gasteiger partial charge in [0.2, 0.25) is 0 Å². The van der Waals surface area contributed by atoms with Gasteiger partial charge in [-0.1, -0.05) is 12.1 Å². The minimum Gasteiger partial charge on any atom is -0.389 e. The van der Waals surface area contributed by atoms with Gasteiger partial charge < -0.3 is 10.0 Å². The molecule has 2 nitrogen and oxygen atoms in total. The molecule has 6 heteroatoms. The average molecular weight is 291 g/mol. The van der Waals surface area contributed by atoms with Crippen molar-refractivity contribution in [3.05, 3.63) is 29.6 Å². The Morgan fingerprint density at radius 1 is 1.25 bits per heavy atom. The Kier molecular flexibility index (Phi) is 4.22. The molecule has 0 spiro atoms. The molecule has 0 unspecified atom stereocenters. The minimum absolute atomic E-state index is 0.0446.